The molecule has 0 N–H and O–H groups in total. The Hall–Kier alpha value is -2.16. The number of rotatable bonds is 3. The Bertz CT molecular complexity index is 744. The molecule has 2 nitrogen and oxygen atoms in total. The van der Waals surface area contributed by atoms with Crippen LogP contribution in [0.15, 0.2) is 35.3 Å². The summed E-state index contributed by atoms with van der Waals surface area (Å²) in [6, 6.07) is 9.65. The maximum absolute atomic E-state index is 14.4. The molecule has 2 aromatic rings. The monoisotopic (exact) mass is 310 g/mol. The molecule has 0 aromatic heterocycles. The van der Waals surface area contributed by atoms with Gasteiger partial charge in [-0.05, 0) is 80.1 Å². The quantitative estimate of drug-likeness (QED) is 0.720. The van der Waals surface area contributed by atoms with E-state index in [4.69, 9.17) is 0 Å². The van der Waals surface area contributed by atoms with Gasteiger partial charge in [0.2, 0.25) is 0 Å². The van der Waals surface area contributed by atoms with Gasteiger partial charge in [-0.3, -0.25) is 4.99 Å². The van der Waals surface area contributed by atoms with Gasteiger partial charge in [0.25, 0.3) is 0 Å². The molecule has 1 fully saturated rings. The topological polar surface area (TPSA) is 15.6 Å². The average Bonchev–Trinajstić information content (AvgIpc) is 3.05. The zero-order valence-electron chi connectivity index (χ0n) is 14.1. The van der Waals surface area contributed by atoms with E-state index in [1.807, 2.05) is 19.1 Å². The number of aliphatic imine (C=N–C) groups is 1. The van der Waals surface area contributed by atoms with Crippen molar-refractivity contribution in [1.82, 2.24) is 0 Å². The minimum atomic E-state index is -0.154. The molecule has 1 aliphatic heterocycles. The van der Waals surface area contributed by atoms with Crippen LogP contribution in [-0.2, 0) is 0 Å². The fraction of sp³-hybridized carbons (Fsp3) is 0.350. The Kier molecular flexibility index (Phi) is 4.46. The van der Waals surface area contributed by atoms with Crippen molar-refractivity contribution in [2.75, 3.05) is 18.0 Å². The van der Waals surface area contributed by atoms with Crippen molar-refractivity contribution < 1.29 is 4.39 Å². The van der Waals surface area contributed by atoms with Crippen molar-refractivity contribution >= 4 is 17.6 Å². The molecule has 1 saturated heterocycles. The second kappa shape index (κ2) is 6.53. The fourth-order valence-electron chi connectivity index (χ4n) is 2.97. The van der Waals surface area contributed by atoms with Crippen molar-refractivity contribution in [3.05, 3.63) is 58.4 Å². The molecule has 3 rings (SSSR count). The third kappa shape index (κ3) is 3.44. The van der Waals surface area contributed by atoms with Crippen LogP contribution in [-0.4, -0.2) is 19.3 Å². The summed E-state index contributed by atoms with van der Waals surface area (Å²) in [7, 11) is 0. The predicted octanol–water partition coefficient (Wildman–Crippen LogP) is 5.10. The number of aryl methyl sites for hydroxylation is 3. The minimum absolute atomic E-state index is 0.154. The van der Waals surface area contributed by atoms with Gasteiger partial charge in [-0.1, -0.05) is 6.07 Å². The Morgan fingerprint density at radius 3 is 2.39 bits per heavy atom. The van der Waals surface area contributed by atoms with E-state index in [1.54, 1.807) is 12.3 Å². The number of hydrogen-bond acceptors (Lipinski definition) is 2. The molecule has 1 heterocycles. The Balaban J connectivity index is 1.86. The third-order valence-corrected chi connectivity index (χ3v) is 4.63. The molecule has 23 heavy (non-hydrogen) atoms. The molecule has 0 bridgehead atoms. The number of hydrogen-bond donors (Lipinski definition) is 0. The summed E-state index contributed by atoms with van der Waals surface area (Å²) in [4.78, 5) is 6.63. The Morgan fingerprint density at radius 2 is 1.70 bits per heavy atom. The maximum atomic E-state index is 14.4. The first-order chi connectivity index (χ1) is 11.0. The first-order valence-electron chi connectivity index (χ1n) is 8.21. The van der Waals surface area contributed by atoms with E-state index in [-0.39, 0.29) is 5.82 Å². The molecule has 3 heteroatoms. The van der Waals surface area contributed by atoms with Crippen molar-refractivity contribution in [3.63, 3.8) is 0 Å². The number of halogens is 1. The zero-order chi connectivity index (χ0) is 16.4. The molecule has 2 aromatic carbocycles. The highest BCUT2D eigenvalue weighted by Crippen LogP contribution is 2.26. The van der Waals surface area contributed by atoms with Crippen molar-refractivity contribution in [2.24, 2.45) is 4.99 Å². The highest BCUT2D eigenvalue weighted by atomic mass is 19.1. The van der Waals surface area contributed by atoms with Gasteiger partial charge in [0.05, 0.1) is 11.4 Å². The molecule has 0 saturated carbocycles. The van der Waals surface area contributed by atoms with Gasteiger partial charge in [-0.25, -0.2) is 4.39 Å². The van der Waals surface area contributed by atoms with Crippen LogP contribution >= 0.6 is 0 Å². The summed E-state index contributed by atoms with van der Waals surface area (Å²) >= 11 is 0. The highest BCUT2D eigenvalue weighted by Gasteiger charge is 2.17. The van der Waals surface area contributed by atoms with Gasteiger partial charge in [0.1, 0.15) is 5.82 Å². The molecule has 1 aliphatic rings. The first kappa shape index (κ1) is 15.7. The second-order valence-electron chi connectivity index (χ2n) is 6.38. The van der Waals surface area contributed by atoms with Crippen LogP contribution in [0, 0.1) is 26.6 Å². The smallest absolute Gasteiger partial charge is 0.147 e. The van der Waals surface area contributed by atoms with E-state index >= 15 is 0 Å². The fourth-order valence-corrected chi connectivity index (χ4v) is 2.97. The van der Waals surface area contributed by atoms with E-state index < -0.39 is 0 Å². The molecule has 0 atom stereocenters. The lowest BCUT2D eigenvalue weighted by Gasteiger charge is -2.19. The van der Waals surface area contributed by atoms with E-state index in [1.165, 1.54) is 11.1 Å². The van der Waals surface area contributed by atoms with Crippen LogP contribution in [0.25, 0.3) is 0 Å². The van der Waals surface area contributed by atoms with E-state index in [0.29, 0.717) is 0 Å². The number of anilines is 1. The van der Waals surface area contributed by atoms with Crippen molar-refractivity contribution in [2.45, 2.75) is 33.6 Å². The molecule has 0 aliphatic carbocycles. The lowest BCUT2D eigenvalue weighted by Crippen LogP contribution is -2.19. The predicted molar refractivity (Wildman–Crippen MR) is 95.8 cm³/mol. The van der Waals surface area contributed by atoms with Gasteiger partial charge in [-0.15, -0.1) is 0 Å². The van der Waals surface area contributed by atoms with Crippen LogP contribution in [0.3, 0.4) is 0 Å². The second-order valence-corrected chi connectivity index (χ2v) is 6.38. The van der Waals surface area contributed by atoms with Gasteiger partial charge in [0.15, 0.2) is 0 Å². The largest absolute Gasteiger partial charge is 0.369 e. The first-order valence-corrected chi connectivity index (χ1v) is 8.21. The van der Waals surface area contributed by atoms with Crippen LogP contribution in [0.4, 0.5) is 15.8 Å². The lowest BCUT2D eigenvalue weighted by atomic mass is 10.1. The summed E-state index contributed by atoms with van der Waals surface area (Å²) < 4.78 is 14.4. The van der Waals surface area contributed by atoms with Gasteiger partial charge < -0.3 is 4.90 Å². The molecular weight excluding hydrogens is 287 g/mol. The van der Waals surface area contributed by atoms with Crippen LogP contribution in [0.5, 0.6) is 0 Å². The van der Waals surface area contributed by atoms with Gasteiger partial charge in [-0.2, -0.15) is 0 Å². The minimum Gasteiger partial charge on any atom is -0.369 e. The number of benzene rings is 2. The summed E-state index contributed by atoms with van der Waals surface area (Å²) in [5, 5.41) is 0. The standard InChI is InChI=1S/C20H23FN2/c1-14-6-7-18(10-15(14)2)22-13-17-12-19(21)20(11-16(17)3)23-8-4-5-9-23/h6-7,10-13H,4-5,8-9H2,1-3H3. The lowest BCUT2D eigenvalue weighted by molar-refractivity contribution is 0.622. The SMILES string of the molecule is Cc1ccc(N=Cc2cc(F)c(N3CCCC3)cc2C)cc1C. The van der Waals surface area contributed by atoms with E-state index in [9.17, 15) is 4.39 Å². The summed E-state index contributed by atoms with van der Waals surface area (Å²) in [6.07, 6.45) is 4.05. The summed E-state index contributed by atoms with van der Waals surface area (Å²) in [6.45, 7) is 8.07. The van der Waals surface area contributed by atoms with Crippen molar-refractivity contribution in [3.8, 4) is 0 Å². The van der Waals surface area contributed by atoms with Crippen LogP contribution in [0.1, 0.15) is 35.1 Å². The highest BCUT2D eigenvalue weighted by molar-refractivity contribution is 5.85. The average molecular weight is 310 g/mol. The van der Waals surface area contributed by atoms with E-state index in [0.717, 1.165) is 48.4 Å². The third-order valence-electron chi connectivity index (χ3n) is 4.63. The Labute approximate surface area is 137 Å². The molecule has 0 unspecified atom stereocenters. The molecule has 0 amide bonds. The molecular formula is C20H23FN2. The summed E-state index contributed by atoms with van der Waals surface area (Å²) in [5.74, 6) is -0.154. The van der Waals surface area contributed by atoms with Crippen molar-refractivity contribution in [1.29, 1.82) is 0 Å². The van der Waals surface area contributed by atoms with Gasteiger partial charge >= 0.3 is 0 Å². The van der Waals surface area contributed by atoms with Crippen LogP contribution in [0.2, 0.25) is 0 Å². The maximum Gasteiger partial charge on any atom is 0.147 e. The zero-order valence-corrected chi connectivity index (χ0v) is 14.1. The van der Waals surface area contributed by atoms with E-state index in [2.05, 4.69) is 35.9 Å². The van der Waals surface area contributed by atoms with Gasteiger partial charge in [0, 0.05) is 19.3 Å². The molecule has 120 valence electrons. The van der Waals surface area contributed by atoms with Crippen LogP contribution < -0.4 is 4.90 Å². The normalized spacial score (nSPS) is 14.9. The molecule has 0 radical (unpaired) electrons. The number of nitrogens with zero attached hydrogens (tertiary/aromatic N) is 2. The summed E-state index contributed by atoms with van der Waals surface area (Å²) in [5.41, 5.74) is 5.98. The Morgan fingerprint density at radius 1 is 0.957 bits per heavy atom. The molecule has 0 spiro atoms.